The van der Waals surface area contributed by atoms with Gasteiger partial charge in [0.25, 0.3) is 5.91 Å². The zero-order valence-electron chi connectivity index (χ0n) is 20.0. The third-order valence-electron chi connectivity index (χ3n) is 5.97. The fourth-order valence-electron chi connectivity index (χ4n) is 4.06. The van der Waals surface area contributed by atoms with Crippen LogP contribution in [0.1, 0.15) is 50.3 Å². The van der Waals surface area contributed by atoms with E-state index in [1.165, 1.54) is 36.7 Å². The Bertz CT molecular complexity index is 1460. The number of aryl methyl sites for hydroxylation is 1. The first-order valence-corrected chi connectivity index (χ1v) is 12.4. The number of ether oxygens (including phenoxy) is 2. The molecule has 0 unspecified atom stereocenters. The lowest BCUT2D eigenvalue weighted by molar-refractivity contribution is -0.112. The number of hydrogen-bond donors (Lipinski definition) is 2. The van der Waals surface area contributed by atoms with Crippen molar-refractivity contribution < 1.29 is 24.2 Å². The monoisotopic (exact) mass is 513 g/mol. The van der Waals surface area contributed by atoms with Crippen LogP contribution in [-0.2, 0) is 24.2 Å². The molecule has 0 saturated carbocycles. The van der Waals surface area contributed by atoms with Gasteiger partial charge in [-0.2, -0.15) is 10.5 Å². The minimum Gasteiger partial charge on any atom is -0.493 e. The molecule has 1 aliphatic rings. The van der Waals surface area contributed by atoms with E-state index in [9.17, 15) is 20.1 Å². The van der Waals surface area contributed by atoms with Crippen LogP contribution < -0.4 is 14.8 Å². The Morgan fingerprint density at radius 2 is 1.86 bits per heavy atom. The second kappa shape index (κ2) is 11.4. The van der Waals surface area contributed by atoms with Crippen molar-refractivity contribution in [2.24, 2.45) is 0 Å². The Balaban J connectivity index is 1.49. The summed E-state index contributed by atoms with van der Waals surface area (Å²) in [7, 11) is 1.48. The molecule has 0 aliphatic heterocycles. The number of rotatable bonds is 8. The highest BCUT2D eigenvalue weighted by Crippen LogP contribution is 2.38. The van der Waals surface area contributed by atoms with Crippen LogP contribution in [0.4, 0.5) is 5.00 Å². The topological polar surface area (TPSA) is 132 Å². The summed E-state index contributed by atoms with van der Waals surface area (Å²) in [6.45, 7) is 0.198. The van der Waals surface area contributed by atoms with E-state index in [0.717, 1.165) is 41.7 Å². The molecule has 1 amide bonds. The minimum absolute atomic E-state index is 0.107. The van der Waals surface area contributed by atoms with Crippen molar-refractivity contribution in [1.29, 1.82) is 10.5 Å². The zero-order valence-corrected chi connectivity index (χ0v) is 20.9. The van der Waals surface area contributed by atoms with Gasteiger partial charge in [0.2, 0.25) is 0 Å². The van der Waals surface area contributed by atoms with Gasteiger partial charge >= 0.3 is 5.97 Å². The average molecular weight is 514 g/mol. The summed E-state index contributed by atoms with van der Waals surface area (Å²) in [6.07, 6.45) is 5.26. The predicted octanol–water partition coefficient (Wildman–Crippen LogP) is 5.33. The van der Waals surface area contributed by atoms with Gasteiger partial charge in [0.05, 0.1) is 18.2 Å². The maximum absolute atomic E-state index is 12.9. The highest BCUT2D eigenvalue weighted by molar-refractivity contribution is 7.16. The molecule has 4 rings (SSSR count). The number of nitriles is 2. The molecule has 0 bridgehead atoms. The zero-order chi connectivity index (χ0) is 26.4. The Kier molecular flexibility index (Phi) is 7.87. The third kappa shape index (κ3) is 5.80. The summed E-state index contributed by atoms with van der Waals surface area (Å²) in [6, 6.07) is 15.5. The first-order valence-electron chi connectivity index (χ1n) is 11.5. The number of fused-ring (bicyclic) bond motifs is 1. The summed E-state index contributed by atoms with van der Waals surface area (Å²) in [5.74, 6) is -0.719. The van der Waals surface area contributed by atoms with E-state index in [1.807, 2.05) is 6.07 Å². The summed E-state index contributed by atoms with van der Waals surface area (Å²) >= 11 is 1.41. The lowest BCUT2D eigenvalue weighted by Crippen LogP contribution is -2.13. The van der Waals surface area contributed by atoms with Crippen LogP contribution in [0.15, 0.2) is 48.0 Å². The molecule has 0 spiro atoms. The van der Waals surface area contributed by atoms with Gasteiger partial charge in [-0.25, -0.2) is 4.79 Å². The Morgan fingerprint density at radius 3 is 2.54 bits per heavy atom. The van der Waals surface area contributed by atoms with Gasteiger partial charge in [-0.3, -0.25) is 4.79 Å². The highest BCUT2D eigenvalue weighted by atomic mass is 32.1. The molecule has 0 saturated heterocycles. The van der Waals surface area contributed by atoms with Crippen LogP contribution in [0.3, 0.4) is 0 Å². The number of aromatic carboxylic acids is 1. The standard InChI is InChI=1S/C28H23N3O5S/c1-35-24-13-18(8-11-23(24)36-16-17-6-9-19(10-7-17)28(33)34)12-20(14-29)26(32)31-27-22(15-30)21-4-2-3-5-25(21)37-27/h6-13H,2-5,16H2,1H3,(H,31,32)(H,33,34)/b20-12+. The first kappa shape index (κ1) is 25.5. The number of anilines is 1. The van der Waals surface area contributed by atoms with Gasteiger partial charge in [0.15, 0.2) is 11.5 Å². The van der Waals surface area contributed by atoms with Crippen molar-refractivity contribution in [2.75, 3.05) is 12.4 Å². The fraction of sp³-hybridized carbons (Fsp3) is 0.214. The van der Waals surface area contributed by atoms with Crippen LogP contribution in [0.2, 0.25) is 0 Å². The average Bonchev–Trinajstić information content (AvgIpc) is 3.27. The molecule has 1 heterocycles. The van der Waals surface area contributed by atoms with E-state index >= 15 is 0 Å². The largest absolute Gasteiger partial charge is 0.493 e. The summed E-state index contributed by atoms with van der Waals surface area (Å²) < 4.78 is 11.2. The van der Waals surface area contributed by atoms with Crippen LogP contribution in [-0.4, -0.2) is 24.1 Å². The summed E-state index contributed by atoms with van der Waals surface area (Å²) in [4.78, 5) is 25.0. The van der Waals surface area contributed by atoms with Crippen LogP contribution >= 0.6 is 11.3 Å². The summed E-state index contributed by atoms with van der Waals surface area (Å²) in [5.41, 5.74) is 2.93. The van der Waals surface area contributed by atoms with Crippen molar-refractivity contribution in [3.8, 4) is 23.6 Å². The van der Waals surface area contributed by atoms with Crippen molar-refractivity contribution in [3.63, 3.8) is 0 Å². The Morgan fingerprint density at radius 1 is 1.11 bits per heavy atom. The van der Waals surface area contributed by atoms with Crippen LogP contribution in [0.25, 0.3) is 6.08 Å². The third-order valence-corrected chi connectivity index (χ3v) is 7.18. The molecular formula is C28H23N3O5S. The Hall–Kier alpha value is -4.60. The molecule has 0 atom stereocenters. The molecule has 9 heteroatoms. The minimum atomic E-state index is -0.997. The number of carboxylic acids is 1. The molecule has 8 nitrogen and oxygen atoms in total. The number of hydrogen-bond acceptors (Lipinski definition) is 7. The number of thiophene rings is 1. The molecule has 0 radical (unpaired) electrons. The predicted molar refractivity (Wildman–Crippen MR) is 139 cm³/mol. The Labute approximate surface area is 218 Å². The van der Waals surface area contributed by atoms with Crippen molar-refractivity contribution in [3.05, 3.63) is 80.7 Å². The van der Waals surface area contributed by atoms with Crippen LogP contribution in [0, 0.1) is 22.7 Å². The normalized spacial score (nSPS) is 12.6. The van der Waals surface area contributed by atoms with Crippen molar-refractivity contribution in [2.45, 2.75) is 32.3 Å². The van der Waals surface area contributed by atoms with Gasteiger partial charge in [-0.05, 0) is 72.7 Å². The molecule has 2 N–H and O–H groups in total. The number of carboxylic acid groups (broad SMARTS) is 1. The molecule has 186 valence electrons. The number of nitrogens with one attached hydrogen (secondary N) is 1. The SMILES string of the molecule is COc1cc(/C=C(\C#N)C(=O)Nc2sc3c(c2C#N)CCCC3)ccc1OCc1ccc(C(=O)O)cc1. The quantitative estimate of drug-likeness (QED) is 0.307. The number of carbonyl (C=O) groups is 2. The molecule has 2 aromatic carbocycles. The molecular weight excluding hydrogens is 490 g/mol. The van der Waals surface area contributed by atoms with Crippen LogP contribution in [0.5, 0.6) is 11.5 Å². The number of methoxy groups -OCH3 is 1. The van der Waals surface area contributed by atoms with E-state index < -0.39 is 11.9 Å². The molecule has 0 fully saturated rings. The lowest BCUT2D eigenvalue weighted by Gasteiger charge is -2.12. The van der Waals surface area contributed by atoms with E-state index in [4.69, 9.17) is 14.6 Å². The molecule has 3 aromatic rings. The van der Waals surface area contributed by atoms with E-state index in [1.54, 1.807) is 30.3 Å². The smallest absolute Gasteiger partial charge is 0.335 e. The van der Waals surface area contributed by atoms with Gasteiger partial charge in [0, 0.05) is 4.88 Å². The van der Waals surface area contributed by atoms with Crippen molar-refractivity contribution in [1.82, 2.24) is 0 Å². The first-order chi connectivity index (χ1) is 17.9. The van der Waals surface area contributed by atoms with Gasteiger partial charge < -0.3 is 19.9 Å². The summed E-state index contributed by atoms with van der Waals surface area (Å²) in [5, 5.41) is 31.5. The fourth-order valence-corrected chi connectivity index (χ4v) is 5.29. The molecule has 1 aliphatic carbocycles. The van der Waals surface area contributed by atoms with E-state index in [2.05, 4.69) is 11.4 Å². The highest BCUT2D eigenvalue weighted by Gasteiger charge is 2.22. The maximum Gasteiger partial charge on any atom is 0.335 e. The lowest BCUT2D eigenvalue weighted by atomic mass is 9.96. The van der Waals surface area contributed by atoms with Gasteiger partial charge in [0.1, 0.15) is 29.3 Å². The number of nitrogens with zero attached hydrogens (tertiary/aromatic N) is 2. The second-order valence-electron chi connectivity index (χ2n) is 8.35. The van der Waals surface area contributed by atoms with Crippen molar-refractivity contribution >= 4 is 34.3 Å². The van der Waals surface area contributed by atoms with E-state index in [-0.39, 0.29) is 17.7 Å². The second-order valence-corrected chi connectivity index (χ2v) is 9.46. The molecule has 1 aromatic heterocycles. The number of amides is 1. The molecule has 37 heavy (non-hydrogen) atoms. The van der Waals surface area contributed by atoms with Gasteiger partial charge in [-0.1, -0.05) is 18.2 Å². The maximum atomic E-state index is 12.9. The van der Waals surface area contributed by atoms with Gasteiger partial charge in [-0.15, -0.1) is 11.3 Å². The number of benzene rings is 2. The number of carbonyl (C=O) groups excluding carboxylic acids is 1. The van der Waals surface area contributed by atoms with E-state index in [0.29, 0.717) is 27.6 Å².